The molecule has 1 fully saturated rings. The minimum absolute atomic E-state index is 0.121. The second kappa shape index (κ2) is 8.90. The van der Waals surface area contributed by atoms with Crippen molar-refractivity contribution in [3.05, 3.63) is 24.3 Å². The number of hydrogen-bond acceptors (Lipinski definition) is 5. The topological polar surface area (TPSA) is 95.2 Å². The van der Waals surface area contributed by atoms with Gasteiger partial charge in [0.15, 0.2) is 6.54 Å². The van der Waals surface area contributed by atoms with E-state index in [1.165, 1.54) is 9.21 Å². The Bertz CT molecular complexity index is 822. The number of nitrogens with one attached hydrogen (secondary N) is 1. The fraction of sp³-hybridized carbons (Fsp3) is 0.579. The van der Waals surface area contributed by atoms with Gasteiger partial charge in [-0.05, 0) is 45.0 Å². The lowest BCUT2D eigenvalue weighted by molar-refractivity contribution is -0.896. The monoisotopic (exact) mass is 409 g/mol. The highest BCUT2D eigenvalue weighted by Gasteiger charge is 2.34. The third kappa shape index (κ3) is 5.01. The first-order chi connectivity index (χ1) is 13.1. The van der Waals surface area contributed by atoms with Crippen LogP contribution in [0.5, 0.6) is 5.75 Å². The summed E-state index contributed by atoms with van der Waals surface area (Å²) in [7, 11) is -1.94. The average Bonchev–Trinajstić information content (AvgIpc) is 2.68. The summed E-state index contributed by atoms with van der Waals surface area (Å²) in [6.45, 7) is 7.83. The van der Waals surface area contributed by atoms with Crippen LogP contribution in [0.15, 0.2) is 29.2 Å². The van der Waals surface area contributed by atoms with Crippen LogP contribution in [0.3, 0.4) is 0 Å². The fourth-order valence-corrected chi connectivity index (χ4v) is 4.40. The van der Waals surface area contributed by atoms with Crippen molar-refractivity contribution >= 4 is 15.9 Å². The zero-order chi connectivity index (χ0) is 20.9. The highest BCUT2D eigenvalue weighted by Crippen LogP contribution is 2.19. The minimum Gasteiger partial charge on any atom is -0.494 e. The Labute approximate surface area is 167 Å². The number of hydrogen-bond donors (Lipinski definition) is 1. The number of likely N-dealkylation sites (N-methyl/N-ethyl adjacent to an activating group) is 1. The molecule has 1 aliphatic rings. The number of nitriles is 1. The van der Waals surface area contributed by atoms with Gasteiger partial charge >= 0.3 is 0 Å². The van der Waals surface area contributed by atoms with Crippen LogP contribution in [0.25, 0.3) is 0 Å². The molecule has 0 aromatic heterocycles. The highest BCUT2D eigenvalue weighted by molar-refractivity contribution is 7.89. The number of nitrogens with zero attached hydrogens (tertiary/aromatic N) is 3. The molecule has 1 aromatic carbocycles. The first-order valence-corrected chi connectivity index (χ1v) is 10.8. The first kappa shape index (κ1) is 22.1. The quantitative estimate of drug-likeness (QED) is 0.669. The Hall–Kier alpha value is -2.15. The van der Waals surface area contributed by atoms with E-state index in [2.05, 4.69) is 6.07 Å². The molecule has 28 heavy (non-hydrogen) atoms. The van der Waals surface area contributed by atoms with Crippen LogP contribution in [0.2, 0.25) is 0 Å². The predicted octanol–water partition coefficient (Wildman–Crippen LogP) is -0.265. The second-order valence-corrected chi connectivity index (χ2v) is 9.30. The van der Waals surface area contributed by atoms with Crippen LogP contribution in [-0.4, -0.2) is 75.4 Å². The molecule has 0 radical (unpaired) electrons. The van der Waals surface area contributed by atoms with E-state index in [4.69, 9.17) is 10.00 Å². The van der Waals surface area contributed by atoms with Crippen molar-refractivity contribution in [2.45, 2.75) is 31.2 Å². The third-order valence-corrected chi connectivity index (χ3v) is 7.00. The normalized spacial score (nSPS) is 16.4. The van der Waals surface area contributed by atoms with E-state index in [-0.39, 0.29) is 17.3 Å². The van der Waals surface area contributed by atoms with Gasteiger partial charge in [0.2, 0.25) is 10.0 Å². The molecule has 154 valence electrons. The summed E-state index contributed by atoms with van der Waals surface area (Å²) in [6.07, 6.45) is 0. The molecule has 1 saturated heterocycles. The standard InChI is InChI=1S/C19H28N4O4S/c1-5-27-16-6-8-17(9-7-16)28(25,26)23-12-10-22(11-13-23)14-18(24)21(4)19(2,3)15-20/h6-9H,5,10-14H2,1-4H3/p+1. The largest absolute Gasteiger partial charge is 0.494 e. The zero-order valence-corrected chi connectivity index (χ0v) is 17.8. The van der Waals surface area contributed by atoms with Crippen molar-refractivity contribution < 1.29 is 22.8 Å². The maximum Gasteiger partial charge on any atom is 0.278 e. The van der Waals surface area contributed by atoms with Crippen molar-refractivity contribution in [3.63, 3.8) is 0 Å². The molecule has 9 heteroatoms. The van der Waals surface area contributed by atoms with Crippen LogP contribution < -0.4 is 9.64 Å². The fourth-order valence-electron chi connectivity index (χ4n) is 2.96. The van der Waals surface area contributed by atoms with E-state index in [9.17, 15) is 13.2 Å². The molecule has 1 amide bonds. The van der Waals surface area contributed by atoms with Crippen molar-refractivity contribution in [3.8, 4) is 11.8 Å². The summed E-state index contributed by atoms with van der Waals surface area (Å²) in [5.41, 5.74) is -0.866. The summed E-state index contributed by atoms with van der Waals surface area (Å²) < 4.78 is 32.5. The molecular formula is C19H29N4O4S+. The SMILES string of the molecule is CCOc1ccc(S(=O)(=O)N2CC[NH+](CC(=O)N(C)C(C)(C)C#N)CC2)cc1. The van der Waals surface area contributed by atoms with Gasteiger partial charge in [0.25, 0.3) is 5.91 Å². The number of carbonyl (C=O) groups excluding carboxylic acids is 1. The van der Waals surface area contributed by atoms with Gasteiger partial charge in [0.05, 0.1) is 43.8 Å². The Morgan fingerprint density at radius 2 is 1.86 bits per heavy atom. The summed E-state index contributed by atoms with van der Waals surface area (Å²) in [4.78, 5) is 15.1. The number of carbonyl (C=O) groups is 1. The van der Waals surface area contributed by atoms with E-state index >= 15 is 0 Å². The van der Waals surface area contributed by atoms with Crippen LogP contribution >= 0.6 is 0 Å². The summed E-state index contributed by atoms with van der Waals surface area (Å²) >= 11 is 0. The molecule has 1 aliphatic heterocycles. The van der Waals surface area contributed by atoms with Gasteiger partial charge in [-0.15, -0.1) is 0 Å². The van der Waals surface area contributed by atoms with Crippen LogP contribution in [-0.2, 0) is 14.8 Å². The highest BCUT2D eigenvalue weighted by atomic mass is 32.2. The van der Waals surface area contributed by atoms with Crippen molar-refractivity contribution in [2.24, 2.45) is 0 Å². The smallest absolute Gasteiger partial charge is 0.278 e. The van der Waals surface area contributed by atoms with Gasteiger partial charge < -0.3 is 14.5 Å². The van der Waals surface area contributed by atoms with Gasteiger partial charge in [0, 0.05) is 7.05 Å². The van der Waals surface area contributed by atoms with Gasteiger partial charge in [-0.25, -0.2) is 8.42 Å². The van der Waals surface area contributed by atoms with Crippen molar-refractivity contribution in [2.75, 3.05) is 46.4 Å². The number of piperazine rings is 1. The van der Waals surface area contributed by atoms with Crippen LogP contribution in [0, 0.1) is 11.3 Å². The summed E-state index contributed by atoms with van der Waals surface area (Å²) in [6, 6.07) is 8.54. The lowest BCUT2D eigenvalue weighted by Gasteiger charge is -2.34. The van der Waals surface area contributed by atoms with Crippen LogP contribution in [0.4, 0.5) is 0 Å². The van der Waals surface area contributed by atoms with Gasteiger partial charge in [0.1, 0.15) is 11.3 Å². The van der Waals surface area contributed by atoms with Gasteiger partial charge in [-0.3, -0.25) is 4.79 Å². The molecule has 0 atom stereocenters. The molecule has 8 nitrogen and oxygen atoms in total. The Balaban J connectivity index is 1.95. The number of ether oxygens (including phenoxy) is 1. The Morgan fingerprint density at radius 3 is 2.36 bits per heavy atom. The lowest BCUT2D eigenvalue weighted by Crippen LogP contribution is -3.15. The van der Waals surface area contributed by atoms with Gasteiger partial charge in [-0.2, -0.15) is 9.57 Å². The zero-order valence-electron chi connectivity index (χ0n) is 16.9. The molecule has 0 unspecified atom stereocenters. The van der Waals surface area contributed by atoms with Gasteiger partial charge in [-0.1, -0.05) is 0 Å². The minimum atomic E-state index is -3.56. The number of rotatable bonds is 7. The van der Waals surface area contributed by atoms with E-state index in [0.717, 1.165) is 4.90 Å². The summed E-state index contributed by atoms with van der Waals surface area (Å²) in [5, 5.41) is 9.17. The Kier molecular flexibility index (Phi) is 7.04. The average molecular weight is 410 g/mol. The maximum atomic E-state index is 12.8. The molecule has 2 rings (SSSR count). The summed E-state index contributed by atoms with van der Waals surface area (Å²) in [5.74, 6) is 0.517. The number of amides is 1. The number of sulfonamides is 1. The number of quaternary nitrogens is 1. The molecule has 1 heterocycles. The van der Waals surface area contributed by atoms with E-state index in [0.29, 0.717) is 38.5 Å². The molecule has 0 aliphatic carbocycles. The van der Waals surface area contributed by atoms with E-state index in [1.54, 1.807) is 45.2 Å². The molecule has 0 saturated carbocycles. The molecule has 1 aromatic rings. The van der Waals surface area contributed by atoms with Crippen molar-refractivity contribution in [1.82, 2.24) is 9.21 Å². The lowest BCUT2D eigenvalue weighted by atomic mass is 10.1. The second-order valence-electron chi connectivity index (χ2n) is 7.36. The first-order valence-electron chi connectivity index (χ1n) is 9.36. The molecule has 1 N–H and O–H groups in total. The van der Waals surface area contributed by atoms with Crippen molar-refractivity contribution in [1.29, 1.82) is 5.26 Å². The Morgan fingerprint density at radius 1 is 1.29 bits per heavy atom. The van der Waals surface area contributed by atoms with Crippen LogP contribution in [0.1, 0.15) is 20.8 Å². The van der Waals surface area contributed by atoms with E-state index < -0.39 is 15.6 Å². The molecular weight excluding hydrogens is 380 g/mol. The van der Waals surface area contributed by atoms with E-state index in [1.807, 2.05) is 6.92 Å². The predicted molar refractivity (Wildman–Crippen MR) is 104 cm³/mol. The molecule has 0 spiro atoms. The molecule has 0 bridgehead atoms. The number of benzene rings is 1. The third-order valence-electron chi connectivity index (χ3n) is 5.09. The maximum absolute atomic E-state index is 12.8.